The molecular formula is C16H20N2O5S2. The van der Waals surface area contributed by atoms with Crippen molar-refractivity contribution in [1.29, 1.82) is 0 Å². The molecule has 1 atom stereocenters. The minimum absolute atomic E-state index is 0.0126. The summed E-state index contributed by atoms with van der Waals surface area (Å²) in [5.41, 5.74) is 0.226. The highest BCUT2D eigenvalue weighted by Crippen LogP contribution is 2.22. The van der Waals surface area contributed by atoms with Gasteiger partial charge < -0.3 is 10.0 Å². The third-order valence-electron chi connectivity index (χ3n) is 3.71. The first-order valence-corrected chi connectivity index (χ1v) is 10.3. The Bertz CT molecular complexity index is 764. The summed E-state index contributed by atoms with van der Waals surface area (Å²) in [6.07, 6.45) is 1.30. The molecule has 0 aromatic heterocycles. The second kappa shape index (κ2) is 8.50. The highest BCUT2D eigenvalue weighted by Gasteiger charge is 2.30. The molecule has 2 rings (SSSR count). The second-order valence-electron chi connectivity index (χ2n) is 5.49. The van der Waals surface area contributed by atoms with Crippen LogP contribution in [0.2, 0.25) is 0 Å². The first-order chi connectivity index (χ1) is 11.8. The van der Waals surface area contributed by atoms with E-state index in [0.29, 0.717) is 12.3 Å². The number of benzene rings is 1. The SMILES string of the molecule is C=CCNS(=O)(=O)c1cccc(C(=O)N2CCSCC2CC(=O)O)c1. The molecule has 136 valence electrons. The van der Waals surface area contributed by atoms with Crippen LogP contribution in [0.5, 0.6) is 0 Å². The van der Waals surface area contributed by atoms with E-state index in [-0.39, 0.29) is 29.3 Å². The number of hydrogen-bond acceptors (Lipinski definition) is 5. The zero-order valence-electron chi connectivity index (χ0n) is 13.6. The molecule has 0 bridgehead atoms. The van der Waals surface area contributed by atoms with Crippen LogP contribution in [0.4, 0.5) is 0 Å². The lowest BCUT2D eigenvalue weighted by molar-refractivity contribution is -0.138. The number of aliphatic carboxylic acids is 1. The van der Waals surface area contributed by atoms with Gasteiger partial charge in [-0.05, 0) is 18.2 Å². The summed E-state index contributed by atoms with van der Waals surface area (Å²) >= 11 is 1.61. The van der Waals surface area contributed by atoms with Gasteiger partial charge in [0.1, 0.15) is 0 Å². The molecule has 1 unspecified atom stereocenters. The Morgan fingerprint density at radius 2 is 2.20 bits per heavy atom. The number of amides is 1. The summed E-state index contributed by atoms with van der Waals surface area (Å²) < 4.78 is 26.7. The first-order valence-electron chi connectivity index (χ1n) is 7.66. The van der Waals surface area contributed by atoms with Gasteiger partial charge in [-0.2, -0.15) is 11.8 Å². The summed E-state index contributed by atoms with van der Waals surface area (Å²) in [4.78, 5) is 25.3. The van der Waals surface area contributed by atoms with Crippen LogP contribution in [0.25, 0.3) is 0 Å². The van der Waals surface area contributed by atoms with Crippen molar-refractivity contribution in [1.82, 2.24) is 9.62 Å². The lowest BCUT2D eigenvalue weighted by Crippen LogP contribution is -2.47. The van der Waals surface area contributed by atoms with Gasteiger partial charge in [-0.25, -0.2) is 13.1 Å². The number of carboxylic acids is 1. The van der Waals surface area contributed by atoms with Crippen LogP contribution in [-0.4, -0.2) is 60.9 Å². The first kappa shape index (κ1) is 19.5. The summed E-state index contributed by atoms with van der Waals surface area (Å²) in [5, 5.41) is 9.03. The Morgan fingerprint density at radius 3 is 2.88 bits per heavy atom. The van der Waals surface area contributed by atoms with Crippen molar-refractivity contribution in [2.45, 2.75) is 17.4 Å². The Balaban J connectivity index is 2.25. The highest BCUT2D eigenvalue weighted by atomic mass is 32.2. The molecule has 0 aliphatic carbocycles. The molecule has 0 radical (unpaired) electrons. The van der Waals surface area contributed by atoms with Crippen molar-refractivity contribution in [3.63, 3.8) is 0 Å². The molecular weight excluding hydrogens is 364 g/mol. The van der Waals surface area contributed by atoms with Gasteiger partial charge in [0.2, 0.25) is 10.0 Å². The van der Waals surface area contributed by atoms with E-state index in [2.05, 4.69) is 11.3 Å². The number of carbonyl (C=O) groups excluding carboxylic acids is 1. The molecule has 9 heteroatoms. The number of nitrogens with zero attached hydrogens (tertiary/aromatic N) is 1. The molecule has 1 amide bonds. The van der Waals surface area contributed by atoms with Crippen LogP contribution < -0.4 is 4.72 Å². The molecule has 0 spiro atoms. The van der Waals surface area contributed by atoms with Gasteiger partial charge in [0.05, 0.1) is 17.4 Å². The van der Waals surface area contributed by atoms with Gasteiger partial charge in [-0.1, -0.05) is 12.1 Å². The third kappa shape index (κ3) is 5.07. The van der Waals surface area contributed by atoms with E-state index in [1.807, 2.05) is 0 Å². The van der Waals surface area contributed by atoms with Crippen molar-refractivity contribution in [2.24, 2.45) is 0 Å². The number of hydrogen-bond donors (Lipinski definition) is 2. The van der Waals surface area contributed by atoms with Crippen molar-refractivity contribution in [3.05, 3.63) is 42.5 Å². The Kier molecular flexibility index (Phi) is 6.63. The predicted octanol–water partition coefficient (Wildman–Crippen LogP) is 1.18. The van der Waals surface area contributed by atoms with Crippen molar-refractivity contribution >= 4 is 33.7 Å². The summed E-state index contributed by atoms with van der Waals surface area (Å²) in [7, 11) is -3.73. The van der Waals surface area contributed by atoms with Crippen molar-refractivity contribution < 1.29 is 23.1 Å². The van der Waals surface area contributed by atoms with Gasteiger partial charge in [0.25, 0.3) is 5.91 Å². The number of carboxylic acid groups (broad SMARTS) is 1. The Hall–Kier alpha value is -1.84. The highest BCUT2D eigenvalue weighted by molar-refractivity contribution is 7.99. The van der Waals surface area contributed by atoms with Gasteiger partial charge in [-0.15, -0.1) is 6.58 Å². The van der Waals surface area contributed by atoms with E-state index in [9.17, 15) is 18.0 Å². The topological polar surface area (TPSA) is 104 Å². The van der Waals surface area contributed by atoms with E-state index < -0.39 is 22.0 Å². The third-order valence-corrected chi connectivity index (χ3v) is 6.22. The largest absolute Gasteiger partial charge is 0.481 e. The smallest absolute Gasteiger partial charge is 0.305 e. The maximum Gasteiger partial charge on any atom is 0.305 e. The normalized spacial score (nSPS) is 17.9. The molecule has 7 nitrogen and oxygen atoms in total. The Labute approximate surface area is 151 Å². The molecule has 0 saturated carbocycles. The van der Waals surface area contributed by atoms with Gasteiger partial charge in [0, 0.05) is 30.2 Å². The molecule has 1 saturated heterocycles. The summed E-state index contributed by atoms with van der Waals surface area (Å²) in [5.74, 6) is -0.0416. The maximum atomic E-state index is 12.8. The molecule has 1 aromatic rings. The average molecular weight is 384 g/mol. The average Bonchev–Trinajstić information content (AvgIpc) is 2.59. The van der Waals surface area contributed by atoms with Crippen molar-refractivity contribution in [3.8, 4) is 0 Å². The summed E-state index contributed by atoms with van der Waals surface area (Å²) in [6.45, 7) is 3.98. The van der Waals surface area contributed by atoms with Gasteiger partial charge >= 0.3 is 5.97 Å². The monoisotopic (exact) mass is 384 g/mol. The van der Waals surface area contributed by atoms with Crippen LogP contribution in [0.3, 0.4) is 0 Å². The van der Waals surface area contributed by atoms with Crippen LogP contribution in [0.1, 0.15) is 16.8 Å². The number of nitrogens with one attached hydrogen (secondary N) is 1. The van der Waals surface area contributed by atoms with Crippen LogP contribution >= 0.6 is 11.8 Å². The predicted molar refractivity (Wildman–Crippen MR) is 96.2 cm³/mol. The number of thioether (sulfide) groups is 1. The molecule has 1 aliphatic rings. The fourth-order valence-electron chi connectivity index (χ4n) is 2.51. The maximum absolute atomic E-state index is 12.8. The zero-order valence-corrected chi connectivity index (χ0v) is 15.2. The Morgan fingerprint density at radius 1 is 1.44 bits per heavy atom. The molecule has 2 N–H and O–H groups in total. The minimum Gasteiger partial charge on any atom is -0.481 e. The van der Waals surface area contributed by atoms with E-state index in [4.69, 9.17) is 5.11 Å². The zero-order chi connectivity index (χ0) is 18.4. The van der Waals surface area contributed by atoms with Gasteiger partial charge in [0.15, 0.2) is 0 Å². The fourth-order valence-corrected chi connectivity index (χ4v) is 4.61. The standard InChI is InChI=1S/C16H20N2O5S2/c1-2-6-17-25(22,23)14-5-3-4-12(9-14)16(21)18-7-8-24-11-13(18)10-15(19)20/h2-5,9,13,17H,1,6-8,10-11H2,(H,19,20). The van der Waals surface area contributed by atoms with Crippen LogP contribution in [0.15, 0.2) is 41.8 Å². The minimum atomic E-state index is -3.73. The van der Waals surface area contributed by atoms with Crippen LogP contribution in [-0.2, 0) is 14.8 Å². The molecule has 1 fully saturated rings. The second-order valence-corrected chi connectivity index (χ2v) is 8.41. The quantitative estimate of drug-likeness (QED) is 0.684. The molecule has 25 heavy (non-hydrogen) atoms. The van der Waals surface area contributed by atoms with Gasteiger partial charge in [-0.3, -0.25) is 9.59 Å². The fraction of sp³-hybridized carbons (Fsp3) is 0.375. The number of rotatable bonds is 7. The van der Waals surface area contributed by atoms with E-state index in [0.717, 1.165) is 5.75 Å². The van der Waals surface area contributed by atoms with E-state index >= 15 is 0 Å². The van der Waals surface area contributed by atoms with Crippen LogP contribution in [0, 0.1) is 0 Å². The lowest BCUT2D eigenvalue weighted by Gasteiger charge is -2.34. The van der Waals surface area contributed by atoms with Crippen molar-refractivity contribution in [2.75, 3.05) is 24.6 Å². The molecule has 1 aromatic carbocycles. The number of sulfonamides is 1. The molecule has 1 aliphatic heterocycles. The van der Waals surface area contributed by atoms with E-state index in [1.165, 1.54) is 35.2 Å². The number of carbonyl (C=O) groups is 2. The molecule has 1 heterocycles. The van der Waals surface area contributed by atoms with E-state index in [1.54, 1.807) is 11.8 Å². The summed E-state index contributed by atoms with van der Waals surface area (Å²) in [6, 6.07) is 5.36. The lowest BCUT2D eigenvalue weighted by atomic mass is 10.1.